The number of carbonyl (C=O) groups is 1. The molecule has 1 aromatic carbocycles. The number of aliphatic hydroxyl groups is 1. The molecule has 0 radical (unpaired) electrons. The summed E-state index contributed by atoms with van der Waals surface area (Å²) >= 11 is 0. The van der Waals surface area contributed by atoms with E-state index in [2.05, 4.69) is 37.7 Å². The van der Waals surface area contributed by atoms with Gasteiger partial charge in [0.1, 0.15) is 18.9 Å². The number of aryl methyl sites for hydroxylation is 1. The molecule has 4 N–H and O–H groups in total. The fourth-order valence-electron chi connectivity index (χ4n) is 4.30. The summed E-state index contributed by atoms with van der Waals surface area (Å²) in [7, 11) is 0. The highest BCUT2D eigenvalue weighted by Gasteiger charge is 2.24. The number of rotatable bonds is 5. The lowest BCUT2D eigenvalue weighted by atomic mass is 10.0. The van der Waals surface area contributed by atoms with Crippen LogP contribution in [0.1, 0.15) is 22.4 Å². The highest BCUT2D eigenvalue weighted by Crippen LogP contribution is 2.36. The number of benzene rings is 1. The van der Waals surface area contributed by atoms with Crippen molar-refractivity contribution >= 4 is 34.6 Å². The molecule has 1 amide bonds. The largest absolute Gasteiger partial charge is 0.474 e. The van der Waals surface area contributed by atoms with Crippen LogP contribution in [0.2, 0.25) is 0 Å². The van der Waals surface area contributed by atoms with Gasteiger partial charge in [0.05, 0.1) is 24.1 Å². The van der Waals surface area contributed by atoms with Gasteiger partial charge in [-0.1, -0.05) is 0 Å². The summed E-state index contributed by atoms with van der Waals surface area (Å²) in [6.45, 7) is 6.37. The quantitative estimate of drug-likeness (QED) is 0.454. The van der Waals surface area contributed by atoms with Crippen LogP contribution < -0.4 is 25.6 Å². The molecular formula is C24H27N7O3. The monoisotopic (exact) mass is 461 g/mol. The summed E-state index contributed by atoms with van der Waals surface area (Å²) in [5.74, 6) is 0.734. The molecule has 0 atom stereocenters. The van der Waals surface area contributed by atoms with E-state index in [-0.39, 0.29) is 0 Å². The molecule has 2 aromatic heterocycles. The normalized spacial score (nSPS) is 14.4. The van der Waals surface area contributed by atoms with Crippen LogP contribution in [0.5, 0.6) is 5.88 Å². The van der Waals surface area contributed by atoms with Crippen LogP contribution in [0.15, 0.2) is 30.6 Å². The first kappa shape index (κ1) is 21.9. The van der Waals surface area contributed by atoms with Gasteiger partial charge < -0.3 is 30.7 Å². The average molecular weight is 462 g/mol. The maximum absolute atomic E-state index is 11.5. The summed E-state index contributed by atoms with van der Waals surface area (Å²) in [6, 6.07) is 5.53. The molecule has 2 aliphatic heterocycles. The molecule has 0 spiro atoms. The number of nitrogens with zero attached hydrogens (tertiary/aromatic N) is 4. The van der Waals surface area contributed by atoms with Crippen molar-refractivity contribution in [2.75, 3.05) is 47.2 Å². The molecule has 0 fully saturated rings. The first-order valence-corrected chi connectivity index (χ1v) is 11.3. The van der Waals surface area contributed by atoms with E-state index in [1.807, 2.05) is 31.5 Å². The van der Waals surface area contributed by atoms with Gasteiger partial charge in [-0.25, -0.2) is 15.0 Å². The number of hydrogen-bond acceptors (Lipinski definition) is 9. The van der Waals surface area contributed by atoms with Gasteiger partial charge in [-0.2, -0.15) is 0 Å². The van der Waals surface area contributed by atoms with Crippen molar-refractivity contribution in [3.63, 3.8) is 0 Å². The molecule has 5 rings (SSSR count). The highest BCUT2D eigenvalue weighted by molar-refractivity contribution is 5.92. The number of amides is 1. The Morgan fingerprint density at radius 3 is 2.97 bits per heavy atom. The topological polar surface area (TPSA) is 125 Å². The SMILES string of the molecule is Cc1cc(Nc2ncc3c(n2)CN(c2cnc4c(c2C)NCCO4)CC3)ccc1NC(=O)CO. The summed E-state index contributed by atoms with van der Waals surface area (Å²) < 4.78 is 5.66. The summed E-state index contributed by atoms with van der Waals surface area (Å²) in [4.78, 5) is 27.5. The first-order valence-electron chi connectivity index (χ1n) is 11.3. The lowest BCUT2D eigenvalue weighted by Gasteiger charge is -2.32. The first-order chi connectivity index (χ1) is 16.5. The zero-order chi connectivity index (χ0) is 23.7. The Hall–Kier alpha value is -3.92. The maximum Gasteiger partial charge on any atom is 0.250 e. The van der Waals surface area contributed by atoms with Crippen molar-refractivity contribution < 1.29 is 14.6 Å². The van der Waals surface area contributed by atoms with Crippen LogP contribution >= 0.6 is 0 Å². The third-order valence-electron chi connectivity index (χ3n) is 6.11. The molecule has 0 aliphatic carbocycles. The lowest BCUT2D eigenvalue weighted by Crippen LogP contribution is -2.32. The smallest absolute Gasteiger partial charge is 0.250 e. The van der Waals surface area contributed by atoms with E-state index in [9.17, 15) is 4.79 Å². The predicted octanol–water partition coefficient (Wildman–Crippen LogP) is 2.53. The van der Waals surface area contributed by atoms with Crippen molar-refractivity contribution in [1.82, 2.24) is 15.0 Å². The van der Waals surface area contributed by atoms with Gasteiger partial charge in [-0.05, 0) is 49.6 Å². The minimum absolute atomic E-state index is 0.445. The Bertz CT molecular complexity index is 1250. The minimum atomic E-state index is -0.551. The fraction of sp³-hybridized carbons (Fsp3) is 0.333. The van der Waals surface area contributed by atoms with E-state index >= 15 is 0 Å². The van der Waals surface area contributed by atoms with Crippen molar-refractivity contribution in [1.29, 1.82) is 0 Å². The third kappa shape index (κ3) is 4.32. The zero-order valence-electron chi connectivity index (χ0n) is 19.2. The fourth-order valence-corrected chi connectivity index (χ4v) is 4.30. The van der Waals surface area contributed by atoms with E-state index in [1.165, 1.54) is 0 Å². The molecule has 10 nitrogen and oxygen atoms in total. The Kier molecular flexibility index (Phi) is 5.89. The molecule has 0 saturated carbocycles. The Morgan fingerprint density at radius 2 is 2.15 bits per heavy atom. The van der Waals surface area contributed by atoms with E-state index in [4.69, 9.17) is 14.8 Å². The Labute approximate surface area is 197 Å². The second kappa shape index (κ2) is 9.14. The minimum Gasteiger partial charge on any atom is -0.474 e. The van der Waals surface area contributed by atoms with E-state index in [0.29, 0.717) is 30.7 Å². The zero-order valence-corrected chi connectivity index (χ0v) is 19.2. The molecule has 0 saturated heterocycles. The number of hydrogen-bond donors (Lipinski definition) is 4. The van der Waals surface area contributed by atoms with Crippen molar-refractivity contribution in [2.45, 2.75) is 26.8 Å². The number of aromatic nitrogens is 3. The molecular weight excluding hydrogens is 434 g/mol. The number of carbonyl (C=O) groups excluding carboxylic acids is 1. The van der Waals surface area contributed by atoms with Crippen LogP contribution in [0.4, 0.5) is 28.7 Å². The number of fused-ring (bicyclic) bond motifs is 2. The molecule has 176 valence electrons. The van der Waals surface area contributed by atoms with Gasteiger partial charge >= 0.3 is 0 Å². The van der Waals surface area contributed by atoms with Crippen molar-refractivity contribution in [2.24, 2.45) is 0 Å². The summed E-state index contributed by atoms with van der Waals surface area (Å²) in [5.41, 5.74) is 7.63. The molecule has 34 heavy (non-hydrogen) atoms. The van der Waals surface area contributed by atoms with Crippen LogP contribution in [0.25, 0.3) is 0 Å². The summed E-state index contributed by atoms with van der Waals surface area (Å²) in [5, 5.41) is 18.3. The predicted molar refractivity (Wildman–Crippen MR) is 130 cm³/mol. The second-order valence-corrected chi connectivity index (χ2v) is 8.42. The summed E-state index contributed by atoms with van der Waals surface area (Å²) in [6.07, 6.45) is 4.62. The molecule has 0 unspecified atom stereocenters. The Balaban J connectivity index is 1.34. The molecule has 0 bridgehead atoms. The average Bonchev–Trinajstić information content (AvgIpc) is 2.85. The van der Waals surface area contributed by atoms with Crippen molar-refractivity contribution in [3.05, 3.63) is 53.0 Å². The molecule has 2 aliphatic rings. The molecule has 4 heterocycles. The van der Waals surface area contributed by atoms with Crippen LogP contribution in [0.3, 0.4) is 0 Å². The highest BCUT2D eigenvalue weighted by atomic mass is 16.5. The Morgan fingerprint density at radius 1 is 1.26 bits per heavy atom. The molecule has 3 aromatic rings. The van der Waals surface area contributed by atoms with E-state index < -0.39 is 12.5 Å². The van der Waals surface area contributed by atoms with Gasteiger partial charge in [-0.3, -0.25) is 4.79 Å². The van der Waals surface area contributed by atoms with Gasteiger partial charge in [0, 0.05) is 36.2 Å². The number of pyridine rings is 1. The van der Waals surface area contributed by atoms with Gasteiger partial charge in [0.15, 0.2) is 0 Å². The van der Waals surface area contributed by atoms with E-state index in [0.717, 1.165) is 59.0 Å². The van der Waals surface area contributed by atoms with Gasteiger partial charge in [-0.15, -0.1) is 0 Å². The van der Waals surface area contributed by atoms with Crippen LogP contribution in [-0.4, -0.2) is 52.3 Å². The van der Waals surface area contributed by atoms with Gasteiger partial charge in [0.2, 0.25) is 17.7 Å². The number of anilines is 5. The standard InChI is InChI=1S/C24H27N7O3/c1-14-9-17(3-4-18(14)29-21(33)13-32)28-24-27-10-16-5-7-31(12-19(16)30-24)20-11-26-23-22(15(20)2)25-6-8-34-23/h3-4,9-11,25,32H,5-8,12-13H2,1-2H3,(H,29,33)(H,27,28,30). The number of nitrogens with one attached hydrogen (secondary N) is 3. The lowest BCUT2D eigenvalue weighted by molar-refractivity contribution is -0.118. The van der Waals surface area contributed by atoms with E-state index in [1.54, 1.807) is 6.07 Å². The maximum atomic E-state index is 11.5. The van der Waals surface area contributed by atoms with Crippen LogP contribution in [-0.2, 0) is 17.8 Å². The van der Waals surface area contributed by atoms with Crippen molar-refractivity contribution in [3.8, 4) is 5.88 Å². The van der Waals surface area contributed by atoms with Gasteiger partial charge in [0.25, 0.3) is 0 Å². The second-order valence-electron chi connectivity index (χ2n) is 8.42. The van der Waals surface area contributed by atoms with Crippen LogP contribution in [0, 0.1) is 13.8 Å². The number of aliphatic hydroxyl groups excluding tert-OH is 1. The number of ether oxygens (including phenoxy) is 1. The molecule has 10 heteroatoms. The third-order valence-corrected chi connectivity index (χ3v) is 6.11.